The third-order valence-electron chi connectivity index (χ3n) is 3.12. The molecule has 0 spiro atoms. The highest BCUT2D eigenvalue weighted by Crippen LogP contribution is 2.13. The Morgan fingerprint density at radius 1 is 1.08 bits per heavy atom. The highest BCUT2D eigenvalue weighted by Gasteiger charge is 2.09. The number of hydrazine groups is 1. The van der Waals surface area contributed by atoms with E-state index >= 15 is 0 Å². The first-order valence-electron chi connectivity index (χ1n) is 7.20. The standard InChI is InChI=1S/C17H18FN3O3/c1-21(2)14-5-3-4-12(10-14)17(23)20-19-16(22)11-24-15-8-6-13(18)7-9-15/h3-10H,11H2,1-2H3,(H,19,22)(H,20,23). The zero-order chi connectivity index (χ0) is 17.5. The summed E-state index contributed by atoms with van der Waals surface area (Å²) in [6.45, 7) is -0.302. The molecule has 0 aromatic heterocycles. The molecule has 0 aliphatic carbocycles. The molecule has 0 aliphatic rings. The molecular weight excluding hydrogens is 313 g/mol. The number of rotatable bonds is 5. The summed E-state index contributed by atoms with van der Waals surface area (Å²) in [5, 5.41) is 0. The van der Waals surface area contributed by atoms with E-state index in [0.29, 0.717) is 11.3 Å². The zero-order valence-electron chi connectivity index (χ0n) is 13.4. The van der Waals surface area contributed by atoms with Crippen molar-refractivity contribution >= 4 is 17.5 Å². The Morgan fingerprint density at radius 3 is 2.46 bits per heavy atom. The Labute approximate surface area is 139 Å². The Morgan fingerprint density at radius 2 is 1.79 bits per heavy atom. The average Bonchev–Trinajstić information content (AvgIpc) is 2.59. The van der Waals surface area contributed by atoms with Gasteiger partial charge in [-0.2, -0.15) is 0 Å². The number of hydrogen-bond donors (Lipinski definition) is 2. The van der Waals surface area contributed by atoms with Crippen LogP contribution in [0.25, 0.3) is 0 Å². The minimum absolute atomic E-state index is 0.302. The van der Waals surface area contributed by atoms with E-state index in [4.69, 9.17) is 4.74 Å². The maximum absolute atomic E-state index is 12.7. The largest absolute Gasteiger partial charge is 0.484 e. The minimum atomic E-state index is -0.531. The van der Waals surface area contributed by atoms with E-state index in [2.05, 4.69) is 10.9 Å². The number of benzene rings is 2. The lowest BCUT2D eigenvalue weighted by atomic mass is 10.2. The Hall–Kier alpha value is -3.09. The highest BCUT2D eigenvalue weighted by atomic mass is 19.1. The fourth-order valence-electron chi connectivity index (χ4n) is 1.84. The first kappa shape index (κ1) is 17.3. The summed E-state index contributed by atoms with van der Waals surface area (Å²) in [5.74, 6) is -0.999. The maximum atomic E-state index is 12.7. The second kappa shape index (κ2) is 7.96. The monoisotopic (exact) mass is 331 g/mol. The van der Waals surface area contributed by atoms with Crippen LogP contribution in [0.4, 0.5) is 10.1 Å². The molecule has 2 amide bonds. The number of anilines is 1. The number of halogens is 1. The van der Waals surface area contributed by atoms with Gasteiger partial charge in [0.05, 0.1) is 0 Å². The van der Waals surface area contributed by atoms with Gasteiger partial charge in [0.1, 0.15) is 11.6 Å². The van der Waals surface area contributed by atoms with E-state index in [9.17, 15) is 14.0 Å². The third kappa shape index (κ3) is 4.98. The van der Waals surface area contributed by atoms with Crippen molar-refractivity contribution in [3.8, 4) is 5.75 Å². The summed E-state index contributed by atoms with van der Waals surface area (Å²) in [6, 6.07) is 12.2. The van der Waals surface area contributed by atoms with Crippen molar-refractivity contribution in [2.75, 3.05) is 25.6 Å². The molecule has 0 saturated heterocycles. The van der Waals surface area contributed by atoms with Gasteiger partial charge >= 0.3 is 0 Å². The third-order valence-corrected chi connectivity index (χ3v) is 3.12. The molecule has 24 heavy (non-hydrogen) atoms. The van der Waals surface area contributed by atoms with Crippen LogP contribution in [0.3, 0.4) is 0 Å². The average molecular weight is 331 g/mol. The summed E-state index contributed by atoms with van der Waals surface area (Å²) in [5.41, 5.74) is 5.86. The Balaban J connectivity index is 1.81. The van der Waals surface area contributed by atoms with Crippen LogP contribution >= 0.6 is 0 Å². The van der Waals surface area contributed by atoms with E-state index in [1.54, 1.807) is 18.2 Å². The molecule has 2 N–H and O–H groups in total. The quantitative estimate of drug-likeness (QED) is 0.819. The molecule has 2 rings (SSSR count). The van der Waals surface area contributed by atoms with Crippen molar-refractivity contribution < 1.29 is 18.7 Å². The molecule has 0 saturated carbocycles. The van der Waals surface area contributed by atoms with Gasteiger partial charge in [-0.15, -0.1) is 0 Å². The molecule has 2 aromatic rings. The SMILES string of the molecule is CN(C)c1cccc(C(=O)NNC(=O)COc2ccc(F)cc2)c1. The molecular formula is C17H18FN3O3. The number of carbonyl (C=O) groups is 2. The smallest absolute Gasteiger partial charge is 0.276 e. The number of carbonyl (C=O) groups excluding carboxylic acids is 2. The van der Waals surface area contributed by atoms with Crippen LogP contribution in [0.1, 0.15) is 10.4 Å². The fraction of sp³-hybridized carbons (Fsp3) is 0.176. The van der Waals surface area contributed by atoms with Crippen molar-refractivity contribution in [2.45, 2.75) is 0 Å². The molecule has 0 aliphatic heterocycles. The Kier molecular flexibility index (Phi) is 5.73. The zero-order valence-corrected chi connectivity index (χ0v) is 13.4. The van der Waals surface area contributed by atoms with E-state index in [1.165, 1.54) is 24.3 Å². The van der Waals surface area contributed by atoms with Crippen LogP contribution in [-0.4, -0.2) is 32.5 Å². The van der Waals surface area contributed by atoms with Crippen LogP contribution in [-0.2, 0) is 4.79 Å². The van der Waals surface area contributed by atoms with Gasteiger partial charge in [0.2, 0.25) is 0 Å². The highest BCUT2D eigenvalue weighted by molar-refractivity contribution is 5.96. The van der Waals surface area contributed by atoms with Crippen molar-refractivity contribution in [3.05, 3.63) is 59.9 Å². The van der Waals surface area contributed by atoms with Gasteiger partial charge in [-0.1, -0.05) is 6.07 Å². The summed E-state index contributed by atoms with van der Waals surface area (Å²) in [6.07, 6.45) is 0. The number of amides is 2. The predicted octanol–water partition coefficient (Wildman–Crippen LogP) is 1.73. The molecule has 0 bridgehead atoms. The molecule has 7 heteroatoms. The molecule has 0 atom stereocenters. The van der Waals surface area contributed by atoms with Crippen molar-refractivity contribution in [1.29, 1.82) is 0 Å². The van der Waals surface area contributed by atoms with Crippen molar-refractivity contribution in [3.63, 3.8) is 0 Å². The first-order chi connectivity index (χ1) is 11.5. The van der Waals surface area contributed by atoms with Gasteiger partial charge in [-0.25, -0.2) is 4.39 Å². The van der Waals surface area contributed by atoms with Crippen LogP contribution < -0.4 is 20.5 Å². The van der Waals surface area contributed by atoms with Gasteiger partial charge in [0.15, 0.2) is 6.61 Å². The number of ether oxygens (including phenoxy) is 1. The van der Waals surface area contributed by atoms with E-state index in [1.807, 2.05) is 25.1 Å². The summed E-state index contributed by atoms with van der Waals surface area (Å²) in [4.78, 5) is 25.5. The first-order valence-corrected chi connectivity index (χ1v) is 7.20. The van der Waals surface area contributed by atoms with Crippen LogP contribution in [0.5, 0.6) is 5.75 Å². The van der Waals surface area contributed by atoms with E-state index in [-0.39, 0.29) is 12.4 Å². The molecule has 0 fully saturated rings. The summed E-state index contributed by atoms with van der Waals surface area (Å²) >= 11 is 0. The van der Waals surface area contributed by atoms with E-state index in [0.717, 1.165) is 5.69 Å². The predicted molar refractivity (Wildman–Crippen MR) is 88.3 cm³/mol. The minimum Gasteiger partial charge on any atom is -0.484 e. The lowest BCUT2D eigenvalue weighted by Gasteiger charge is -2.13. The van der Waals surface area contributed by atoms with Gasteiger partial charge < -0.3 is 9.64 Å². The lowest BCUT2D eigenvalue weighted by molar-refractivity contribution is -0.123. The van der Waals surface area contributed by atoms with Crippen LogP contribution in [0.15, 0.2) is 48.5 Å². The van der Waals surface area contributed by atoms with Crippen LogP contribution in [0, 0.1) is 5.82 Å². The summed E-state index contributed by atoms with van der Waals surface area (Å²) < 4.78 is 17.9. The van der Waals surface area contributed by atoms with Gasteiger partial charge in [-0.3, -0.25) is 20.4 Å². The molecule has 0 radical (unpaired) electrons. The number of nitrogens with one attached hydrogen (secondary N) is 2. The maximum Gasteiger partial charge on any atom is 0.276 e. The number of hydrogen-bond acceptors (Lipinski definition) is 4. The van der Waals surface area contributed by atoms with Crippen molar-refractivity contribution in [1.82, 2.24) is 10.9 Å². The molecule has 2 aromatic carbocycles. The fourth-order valence-corrected chi connectivity index (χ4v) is 1.84. The van der Waals surface area contributed by atoms with Gasteiger partial charge in [-0.05, 0) is 42.5 Å². The van der Waals surface area contributed by atoms with Crippen LogP contribution in [0.2, 0.25) is 0 Å². The van der Waals surface area contributed by atoms with Crippen molar-refractivity contribution in [2.24, 2.45) is 0 Å². The molecule has 0 unspecified atom stereocenters. The van der Waals surface area contributed by atoms with E-state index < -0.39 is 11.8 Å². The van der Waals surface area contributed by atoms with Gasteiger partial charge in [0.25, 0.3) is 11.8 Å². The normalized spacial score (nSPS) is 9.96. The molecule has 6 nitrogen and oxygen atoms in total. The molecule has 126 valence electrons. The topological polar surface area (TPSA) is 70.7 Å². The van der Waals surface area contributed by atoms with Gasteiger partial charge in [0, 0.05) is 25.3 Å². The molecule has 0 heterocycles. The second-order valence-corrected chi connectivity index (χ2v) is 5.19. The number of nitrogens with zero attached hydrogens (tertiary/aromatic N) is 1. The lowest BCUT2D eigenvalue weighted by Crippen LogP contribution is -2.43. The Bertz CT molecular complexity index is 717. The summed E-state index contributed by atoms with van der Waals surface area (Å²) in [7, 11) is 3.73. The second-order valence-electron chi connectivity index (χ2n) is 5.19.